The van der Waals surface area contributed by atoms with E-state index >= 15 is 0 Å². The molecule has 1 aromatic carbocycles. The third-order valence-electron chi connectivity index (χ3n) is 3.63. The molecule has 17 heavy (non-hydrogen) atoms. The van der Waals surface area contributed by atoms with E-state index in [-0.39, 0.29) is 0 Å². The van der Waals surface area contributed by atoms with E-state index in [9.17, 15) is 0 Å². The predicted octanol–water partition coefficient (Wildman–Crippen LogP) is 3.45. The number of benzene rings is 1. The van der Waals surface area contributed by atoms with Crippen molar-refractivity contribution in [1.29, 1.82) is 0 Å². The molecule has 0 N–H and O–H groups in total. The molecule has 1 heterocycles. The van der Waals surface area contributed by atoms with Crippen molar-refractivity contribution in [1.82, 2.24) is 4.98 Å². The molecule has 0 bridgehead atoms. The van der Waals surface area contributed by atoms with Gasteiger partial charge in [0.2, 0.25) is 0 Å². The van der Waals surface area contributed by atoms with E-state index in [1.54, 1.807) is 0 Å². The molecule has 0 spiro atoms. The topological polar surface area (TPSA) is 12.9 Å². The third kappa shape index (κ3) is 1.86. The second kappa shape index (κ2) is 3.99. The summed E-state index contributed by atoms with van der Waals surface area (Å²) < 4.78 is 0. The highest BCUT2D eigenvalue weighted by Gasteiger charge is 2.15. The Morgan fingerprint density at radius 2 is 1.76 bits per heavy atom. The minimum Gasteiger partial charge on any atom is -0.261 e. The average molecular weight is 223 g/mol. The molecular weight excluding hydrogens is 206 g/mol. The maximum Gasteiger partial charge on any atom is 0.0403 e. The molecule has 0 saturated carbocycles. The van der Waals surface area contributed by atoms with Gasteiger partial charge in [-0.1, -0.05) is 30.7 Å². The molecule has 0 unspecified atom stereocenters. The summed E-state index contributed by atoms with van der Waals surface area (Å²) >= 11 is 0. The molecule has 3 rings (SSSR count). The zero-order chi connectivity index (χ0) is 11.8. The number of hydrogen-bond donors (Lipinski definition) is 0. The van der Waals surface area contributed by atoms with Crippen LogP contribution in [-0.2, 0) is 19.3 Å². The molecule has 1 nitrogen and oxygen atoms in total. The second-order valence-corrected chi connectivity index (χ2v) is 4.92. The van der Waals surface area contributed by atoms with Crippen LogP contribution in [0.3, 0.4) is 0 Å². The zero-order valence-corrected chi connectivity index (χ0v) is 10.5. The van der Waals surface area contributed by atoms with Crippen LogP contribution < -0.4 is 0 Å². The van der Waals surface area contributed by atoms with E-state index in [2.05, 4.69) is 49.3 Å². The lowest BCUT2D eigenvalue weighted by molar-refractivity contribution is 0.940. The highest BCUT2D eigenvalue weighted by atomic mass is 14.7. The maximum atomic E-state index is 4.51. The van der Waals surface area contributed by atoms with Crippen molar-refractivity contribution >= 4 is 0 Å². The SMILES string of the molecule is CCc1cc2c(cn1)Cc1cc(C)ccc1C2. The lowest BCUT2D eigenvalue weighted by Crippen LogP contribution is -2.09. The van der Waals surface area contributed by atoms with Gasteiger partial charge in [-0.15, -0.1) is 0 Å². The average Bonchev–Trinajstić information content (AvgIpc) is 2.35. The van der Waals surface area contributed by atoms with E-state index < -0.39 is 0 Å². The van der Waals surface area contributed by atoms with Gasteiger partial charge in [0.1, 0.15) is 0 Å². The van der Waals surface area contributed by atoms with Crippen LogP contribution in [0.4, 0.5) is 0 Å². The Morgan fingerprint density at radius 3 is 2.59 bits per heavy atom. The van der Waals surface area contributed by atoms with Crippen molar-refractivity contribution in [2.24, 2.45) is 0 Å². The minimum atomic E-state index is 1.02. The van der Waals surface area contributed by atoms with Crippen molar-refractivity contribution in [3.63, 3.8) is 0 Å². The Kier molecular flexibility index (Phi) is 2.47. The first kappa shape index (κ1) is 10.5. The van der Waals surface area contributed by atoms with Gasteiger partial charge in [0.05, 0.1) is 0 Å². The second-order valence-electron chi connectivity index (χ2n) is 4.92. The summed E-state index contributed by atoms with van der Waals surface area (Å²) in [7, 11) is 0. The zero-order valence-electron chi connectivity index (χ0n) is 10.5. The summed E-state index contributed by atoms with van der Waals surface area (Å²) in [5.41, 5.74) is 8.39. The molecular formula is C16H17N. The highest BCUT2D eigenvalue weighted by Crippen LogP contribution is 2.27. The molecule has 1 aromatic heterocycles. The van der Waals surface area contributed by atoms with Crippen molar-refractivity contribution < 1.29 is 0 Å². The normalized spacial score (nSPS) is 13.1. The molecule has 86 valence electrons. The lowest BCUT2D eigenvalue weighted by atomic mass is 9.86. The van der Waals surface area contributed by atoms with Gasteiger partial charge in [0, 0.05) is 11.9 Å². The standard InChI is InChI=1S/C16H17N/c1-3-16-9-14-7-12-5-4-11(2)6-13(12)8-15(14)10-17-16/h4-6,9-10H,3,7-8H2,1-2H3. The summed E-state index contributed by atoms with van der Waals surface area (Å²) in [5.74, 6) is 0. The van der Waals surface area contributed by atoms with Crippen LogP contribution in [0.2, 0.25) is 0 Å². The van der Waals surface area contributed by atoms with Crippen molar-refractivity contribution in [2.75, 3.05) is 0 Å². The smallest absolute Gasteiger partial charge is 0.0403 e. The monoisotopic (exact) mass is 223 g/mol. The van der Waals surface area contributed by atoms with E-state index in [1.807, 2.05) is 0 Å². The highest BCUT2D eigenvalue weighted by molar-refractivity contribution is 5.45. The first-order valence-corrected chi connectivity index (χ1v) is 6.31. The molecule has 1 heteroatoms. The van der Waals surface area contributed by atoms with Crippen LogP contribution in [0.1, 0.15) is 40.4 Å². The van der Waals surface area contributed by atoms with E-state index in [0.717, 1.165) is 19.3 Å². The molecule has 0 saturated heterocycles. The van der Waals surface area contributed by atoms with Crippen molar-refractivity contribution in [3.05, 3.63) is 64.0 Å². The van der Waals surface area contributed by atoms with Crippen molar-refractivity contribution in [3.8, 4) is 0 Å². The quantitative estimate of drug-likeness (QED) is 0.615. The first-order valence-electron chi connectivity index (χ1n) is 6.31. The fraction of sp³-hybridized carbons (Fsp3) is 0.312. The Morgan fingerprint density at radius 1 is 1.00 bits per heavy atom. The van der Waals surface area contributed by atoms with Crippen LogP contribution in [0.5, 0.6) is 0 Å². The molecule has 0 atom stereocenters. The molecule has 0 amide bonds. The van der Waals surface area contributed by atoms with Crippen LogP contribution in [0.25, 0.3) is 0 Å². The van der Waals surface area contributed by atoms with Crippen LogP contribution in [-0.4, -0.2) is 4.98 Å². The summed E-state index contributed by atoms with van der Waals surface area (Å²) in [6, 6.07) is 9.08. The third-order valence-corrected chi connectivity index (χ3v) is 3.63. The van der Waals surface area contributed by atoms with Gasteiger partial charge >= 0.3 is 0 Å². The van der Waals surface area contributed by atoms with E-state index in [1.165, 1.54) is 33.5 Å². The predicted molar refractivity (Wildman–Crippen MR) is 70.4 cm³/mol. The first-order chi connectivity index (χ1) is 8.26. The summed E-state index contributed by atoms with van der Waals surface area (Å²) in [6.45, 7) is 4.32. The Labute approximate surface area is 103 Å². The number of rotatable bonds is 1. The Bertz CT molecular complexity index is 570. The van der Waals surface area contributed by atoms with Crippen molar-refractivity contribution in [2.45, 2.75) is 33.1 Å². The molecule has 1 aliphatic rings. The fourth-order valence-electron chi connectivity index (χ4n) is 2.59. The van der Waals surface area contributed by atoms with Gasteiger partial charge in [0.25, 0.3) is 0 Å². The van der Waals surface area contributed by atoms with Gasteiger partial charge in [-0.2, -0.15) is 0 Å². The van der Waals surface area contributed by atoms with E-state index in [0.29, 0.717) is 0 Å². The van der Waals surface area contributed by atoms with Crippen LogP contribution in [0.15, 0.2) is 30.5 Å². The van der Waals surface area contributed by atoms with Gasteiger partial charge in [-0.05, 0) is 54.5 Å². The Balaban J connectivity index is 2.04. The molecule has 1 aliphatic carbocycles. The van der Waals surface area contributed by atoms with E-state index in [4.69, 9.17) is 0 Å². The van der Waals surface area contributed by atoms with Gasteiger partial charge in [-0.25, -0.2) is 0 Å². The summed E-state index contributed by atoms with van der Waals surface area (Å²) in [5, 5.41) is 0. The number of nitrogens with zero attached hydrogens (tertiary/aromatic N) is 1. The fourth-order valence-corrected chi connectivity index (χ4v) is 2.59. The van der Waals surface area contributed by atoms with Gasteiger partial charge in [0.15, 0.2) is 0 Å². The maximum absolute atomic E-state index is 4.51. The van der Waals surface area contributed by atoms with Crippen LogP contribution >= 0.6 is 0 Å². The Hall–Kier alpha value is -1.63. The minimum absolute atomic E-state index is 1.02. The van der Waals surface area contributed by atoms with Gasteiger partial charge < -0.3 is 0 Å². The lowest BCUT2D eigenvalue weighted by Gasteiger charge is -2.20. The number of aryl methyl sites for hydroxylation is 2. The molecule has 2 aromatic rings. The largest absolute Gasteiger partial charge is 0.261 e. The van der Waals surface area contributed by atoms with Crippen LogP contribution in [0, 0.1) is 6.92 Å². The number of pyridine rings is 1. The molecule has 0 aliphatic heterocycles. The summed E-state index contributed by atoms with van der Waals surface area (Å²) in [4.78, 5) is 4.51. The van der Waals surface area contributed by atoms with Gasteiger partial charge in [-0.3, -0.25) is 4.98 Å². The molecule has 0 radical (unpaired) electrons. The number of fused-ring (bicyclic) bond motifs is 2. The molecule has 0 fully saturated rings. The number of aromatic nitrogens is 1. The summed E-state index contributed by atoms with van der Waals surface area (Å²) in [6.07, 6.45) is 5.21. The number of hydrogen-bond acceptors (Lipinski definition) is 1.